The molecular weight excluding hydrogens is 346 g/mol. The third kappa shape index (κ3) is 3.81. The van der Waals surface area contributed by atoms with Crippen molar-refractivity contribution in [3.63, 3.8) is 0 Å². The Balaban J connectivity index is 1.82. The standard InChI is InChI=1S/C20H19N3O2S/c1-12-8-9-15(13(2)10-12)20-22-16(11-26-20)19(25)23-17(18(21)24)14-6-4-3-5-7-14/h3-11,17H,1-2H3,(H2,21,24)(H,23,25). The molecule has 26 heavy (non-hydrogen) atoms. The lowest BCUT2D eigenvalue weighted by Crippen LogP contribution is -2.37. The summed E-state index contributed by atoms with van der Waals surface area (Å²) in [4.78, 5) is 28.7. The van der Waals surface area contributed by atoms with Gasteiger partial charge in [-0.05, 0) is 25.0 Å². The second kappa shape index (κ2) is 7.49. The van der Waals surface area contributed by atoms with Gasteiger partial charge in [-0.1, -0.05) is 54.1 Å². The first-order valence-corrected chi connectivity index (χ1v) is 9.02. The molecule has 0 saturated heterocycles. The van der Waals surface area contributed by atoms with Gasteiger partial charge in [0.25, 0.3) is 5.91 Å². The van der Waals surface area contributed by atoms with Crippen molar-refractivity contribution in [2.24, 2.45) is 5.73 Å². The number of carbonyl (C=O) groups is 2. The summed E-state index contributed by atoms with van der Waals surface area (Å²) in [6.45, 7) is 4.05. The van der Waals surface area contributed by atoms with Gasteiger partial charge in [0.05, 0.1) is 0 Å². The Bertz CT molecular complexity index is 951. The highest BCUT2D eigenvalue weighted by atomic mass is 32.1. The summed E-state index contributed by atoms with van der Waals surface area (Å²) >= 11 is 1.39. The van der Waals surface area contributed by atoms with Crippen LogP contribution in [0.3, 0.4) is 0 Å². The molecule has 1 unspecified atom stereocenters. The van der Waals surface area contributed by atoms with Crippen LogP contribution in [0, 0.1) is 13.8 Å². The lowest BCUT2D eigenvalue weighted by molar-refractivity contribution is -0.120. The zero-order chi connectivity index (χ0) is 18.7. The molecule has 0 saturated carbocycles. The van der Waals surface area contributed by atoms with Crippen LogP contribution in [-0.4, -0.2) is 16.8 Å². The molecule has 0 aliphatic rings. The van der Waals surface area contributed by atoms with E-state index < -0.39 is 17.9 Å². The maximum atomic E-state index is 12.5. The molecular formula is C20H19N3O2S. The summed E-state index contributed by atoms with van der Waals surface area (Å²) in [5.74, 6) is -1.04. The summed E-state index contributed by atoms with van der Waals surface area (Å²) in [5, 5.41) is 5.12. The Hall–Kier alpha value is -2.99. The minimum absolute atomic E-state index is 0.271. The van der Waals surface area contributed by atoms with Gasteiger partial charge in [0.2, 0.25) is 5.91 Å². The lowest BCUT2D eigenvalue weighted by Gasteiger charge is -2.15. The van der Waals surface area contributed by atoms with Crippen LogP contribution in [0.4, 0.5) is 0 Å². The van der Waals surface area contributed by atoms with Crippen molar-refractivity contribution < 1.29 is 9.59 Å². The maximum Gasteiger partial charge on any atom is 0.271 e. The number of hydrogen-bond donors (Lipinski definition) is 2. The molecule has 0 radical (unpaired) electrons. The van der Waals surface area contributed by atoms with Crippen molar-refractivity contribution in [1.29, 1.82) is 0 Å². The van der Waals surface area contributed by atoms with Gasteiger partial charge in [-0.25, -0.2) is 4.98 Å². The molecule has 0 bridgehead atoms. The maximum absolute atomic E-state index is 12.5. The zero-order valence-electron chi connectivity index (χ0n) is 14.5. The molecule has 1 atom stereocenters. The Morgan fingerprint density at radius 1 is 1.12 bits per heavy atom. The van der Waals surface area contributed by atoms with Gasteiger partial charge in [-0.3, -0.25) is 9.59 Å². The Morgan fingerprint density at radius 2 is 1.85 bits per heavy atom. The number of aryl methyl sites for hydroxylation is 2. The molecule has 3 rings (SSSR count). The van der Waals surface area contributed by atoms with Gasteiger partial charge < -0.3 is 11.1 Å². The van der Waals surface area contributed by atoms with E-state index in [2.05, 4.69) is 16.4 Å². The number of carbonyl (C=O) groups excluding carboxylic acids is 2. The lowest BCUT2D eigenvalue weighted by atomic mass is 10.1. The number of primary amides is 1. The summed E-state index contributed by atoms with van der Waals surface area (Å²) in [6, 6.07) is 14.1. The molecule has 5 nitrogen and oxygen atoms in total. The van der Waals surface area contributed by atoms with Crippen molar-refractivity contribution >= 4 is 23.2 Å². The molecule has 0 aliphatic heterocycles. The number of aromatic nitrogens is 1. The number of nitrogens with one attached hydrogen (secondary N) is 1. The summed E-state index contributed by atoms with van der Waals surface area (Å²) in [6.07, 6.45) is 0. The van der Waals surface area contributed by atoms with Crippen LogP contribution in [0.5, 0.6) is 0 Å². The van der Waals surface area contributed by atoms with E-state index >= 15 is 0 Å². The summed E-state index contributed by atoms with van der Waals surface area (Å²) in [7, 11) is 0. The molecule has 3 N–H and O–H groups in total. The van der Waals surface area contributed by atoms with E-state index in [-0.39, 0.29) is 5.69 Å². The topological polar surface area (TPSA) is 85.1 Å². The van der Waals surface area contributed by atoms with Crippen LogP contribution in [0.1, 0.15) is 33.2 Å². The Labute approximate surface area is 155 Å². The average Bonchev–Trinajstić information content (AvgIpc) is 3.10. The van der Waals surface area contributed by atoms with Gasteiger partial charge in [-0.15, -0.1) is 11.3 Å². The van der Waals surface area contributed by atoms with Crippen LogP contribution >= 0.6 is 11.3 Å². The Kier molecular flexibility index (Phi) is 5.14. The second-order valence-electron chi connectivity index (χ2n) is 6.08. The SMILES string of the molecule is Cc1ccc(-c2nc(C(=O)NC(C(N)=O)c3ccccc3)cs2)c(C)c1. The predicted octanol–water partition coefficient (Wildman–Crippen LogP) is 3.38. The van der Waals surface area contributed by atoms with Crippen LogP contribution in [-0.2, 0) is 4.79 Å². The van der Waals surface area contributed by atoms with E-state index in [1.165, 1.54) is 16.9 Å². The van der Waals surface area contributed by atoms with E-state index in [1.807, 2.05) is 32.0 Å². The van der Waals surface area contributed by atoms with E-state index in [0.29, 0.717) is 5.56 Å². The fraction of sp³-hybridized carbons (Fsp3) is 0.150. The van der Waals surface area contributed by atoms with Crippen LogP contribution in [0.15, 0.2) is 53.9 Å². The van der Waals surface area contributed by atoms with Crippen molar-refractivity contribution in [2.45, 2.75) is 19.9 Å². The van der Waals surface area contributed by atoms with Crippen LogP contribution < -0.4 is 11.1 Å². The van der Waals surface area contributed by atoms with Gasteiger partial charge in [-0.2, -0.15) is 0 Å². The van der Waals surface area contributed by atoms with Crippen molar-refractivity contribution in [2.75, 3.05) is 0 Å². The number of rotatable bonds is 5. The molecule has 1 aromatic heterocycles. The van der Waals surface area contributed by atoms with E-state index in [1.54, 1.807) is 29.6 Å². The number of nitrogens with zero attached hydrogens (tertiary/aromatic N) is 1. The Morgan fingerprint density at radius 3 is 2.50 bits per heavy atom. The highest BCUT2D eigenvalue weighted by Crippen LogP contribution is 2.27. The molecule has 6 heteroatoms. The number of amides is 2. The number of benzene rings is 2. The minimum Gasteiger partial charge on any atom is -0.368 e. The fourth-order valence-corrected chi connectivity index (χ4v) is 3.61. The molecule has 0 spiro atoms. The van der Waals surface area contributed by atoms with Crippen LogP contribution in [0.2, 0.25) is 0 Å². The summed E-state index contributed by atoms with van der Waals surface area (Å²) in [5.41, 5.74) is 9.63. The van der Waals surface area contributed by atoms with Crippen molar-refractivity contribution in [3.8, 4) is 10.6 Å². The van der Waals surface area contributed by atoms with E-state index in [9.17, 15) is 9.59 Å². The molecule has 3 aromatic rings. The molecule has 1 heterocycles. The third-order valence-corrected chi connectivity index (χ3v) is 4.92. The average molecular weight is 365 g/mol. The van der Waals surface area contributed by atoms with Crippen molar-refractivity contribution in [1.82, 2.24) is 10.3 Å². The third-order valence-electron chi connectivity index (χ3n) is 4.04. The van der Waals surface area contributed by atoms with Crippen molar-refractivity contribution in [3.05, 3.63) is 76.3 Å². The molecule has 132 valence electrons. The normalized spacial score (nSPS) is 11.8. The number of hydrogen-bond acceptors (Lipinski definition) is 4. The smallest absolute Gasteiger partial charge is 0.271 e. The first-order valence-electron chi connectivity index (χ1n) is 8.14. The first-order chi connectivity index (χ1) is 12.5. The minimum atomic E-state index is -0.894. The monoisotopic (exact) mass is 365 g/mol. The first kappa shape index (κ1) is 17.8. The highest BCUT2D eigenvalue weighted by molar-refractivity contribution is 7.13. The zero-order valence-corrected chi connectivity index (χ0v) is 15.3. The predicted molar refractivity (Wildman–Crippen MR) is 103 cm³/mol. The van der Waals surface area contributed by atoms with Gasteiger partial charge in [0, 0.05) is 10.9 Å². The molecule has 0 aliphatic carbocycles. The van der Waals surface area contributed by atoms with E-state index in [4.69, 9.17) is 5.73 Å². The van der Waals surface area contributed by atoms with Gasteiger partial charge >= 0.3 is 0 Å². The summed E-state index contributed by atoms with van der Waals surface area (Å²) < 4.78 is 0. The number of thiazole rings is 1. The second-order valence-corrected chi connectivity index (χ2v) is 6.93. The fourth-order valence-electron chi connectivity index (χ4n) is 2.72. The van der Waals surface area contributed by atoms with Gasteiger partial charge in [0.15, 0.2) is 0 Å². The van der Waals surface area contributed by atoms with Gasteiger partial charge in [0.1, 0.15) is 16.7 Å². The number of nitrogens with two attached hydrogens (primary N) is 1. The van der Waals surface area contributed by atoms with E-state index in [0.717, 1.165) is 16.1 Å². The molecule has 2 amide bonds. The molecule has 0 fully saturated rings. The van der Waals surface area contributed by atoms with Crippen LogP contribution in [0.25, 0.3) is 10.6 Å². The molecule has 2 aromatic carbocycles. The largest absolute Gasteiger partial charge is 0.368 e. The quantitative estimate of drug-likeness (QED) is 0.727. The highest BCUT2D eigenvalue weighted by Gasteiger charge is 2.22.